The molecule has 3 rings (SSSR count). The fourth-order valence-corrected chi connectivity index (χ4v) is 2.69. The van der Waals surface area contributed by atoms with Crippen molar-refractivity contribution in [3.63, 3.8) is 0 Å². The molecule has 0 saturated carbocycles. The van der Waals surface area contributed by atoms with Gasteiger partial charge in [-0.25, -0.2) is 0 Å². The maximum atomic E-state index is 12.1. The van der Waals surface area contributed by atoms with E-state index < -0.39 is 0 Å². The summed E-state index contributed by atoms with van der Waals surface area (Å²) in [5.41, 5.74) is 1.40. The summed E-state index contributed by atoms with van der Waals surface area (Å²) in [6.45, 7) is 1.94. The highest BCUT2D eigenvalue weighted by Crippen LogP contribution is 2.32. The zero-order valence-corrected chi connectivity index (χ0v) is 15.1. The monoisotopic (exact) mass is 404 g/mol. The standard InChI is InChI=1S/C18H17BrN2O4/c1-11(12-2-5-14(19)6-3-12)21-17(22)9-20-18(23)13-4-7-15-16(8-13)25-10-24-15/h2-8,11H,9-10H2,1H3,(H,20,23)(H,21,22). The minimum Gasteiger partial charge on any atom is -0.454 e. The van der Waals surface area contributed by atoms with Gasteiger partial charge in [0.25, 0.3) is 5.91 Å². The summed E-state index contributed by atoms with van der Waals surface area (Å²) in [7, 11) is 0. The summed E-state index contributed by atoms with van der Waals surface area (Å²) in [5.74, 6) is 0.535. The van der Waals surface area contributed by atoms with Crippen LogP contribution in [0.1, 0.15) is 28.9 Å². The second-order valence-corrected chi connectivity index (χ2v) is 6.51. The molecule has 2 aromatic rings. The number of nitrogens with one attached hydrogen (secondary N) is 2. The number of ether oxygens (including phenoxy) is 2. The molecule has 2 amide bonds. The van der Waals surface area contributed by atoms with E-state index in [4.69, 9.17) is 9.47 Å². The third kappa shape index (κ3) is 4.30. The van der Waals surface area contributed by atoms with Gasteiger partial charge in [-0.1, -0.05) is 28.1 Å². The van der Waals surface area contributed by atoms with Crippen molar-refractivity contribution in [1.29, 1.82) is 0 Å². The Balaban J connectivity index is 1.51. The van der Waals surface area contributed by atoms with E-state index in [1.165, 1.54) is 0 Å². The number of amides is 2. The number of halogens is 1. The minimum atomic E-state index is -0.343. The first-order valence-electron chi connectivity index (χ1n) is 7.75. The number of hydrogen-bond acceptors (Lipinski definition) is 4. The van der Waals surface area contributed by atoms with Gasteiger partial charge in [0, 0.05) is 10.0 Å². The normalized spacial score (nSPS) is 13.2. The van der Waals surface area contributed by atoms with Crippen molar-refractivity contribution >= 4 is 27.7 Å². The van der Waals surface area contributed by atoms with Crippen LogP contribution in [0.2, 0.25) is 0 Å². The van der Waals surface area contributed by atoms with Crippen LogP contribution in [0.15, 0.2) is 46.9 Å². The molecular weight excluding hydrogens is 388 g/mol. The molecule has 0 bridgehead atoms. The van der Waals surface area contributed by atoms with E-state index in [-0.39, 0.29) is 31.2 Å². The van der Waals surface area contributed by atoms with Crippen LogP contribution in [0, 0.1) is 0 Å². The third-order valence-corrected chi connectivity index (χ3v) is 4.32. The molecule has 1 aliphatic heterocycles. The first-order chi connectivity index (χ1) is 12.0. The molecule has 0 fully saturated rings. The van der Waals surface area contributed by atoms with Gasteiger partial charge < -0.3 is 20.1 Å². The summed E-state index contributed by atoms with van der Waals surface area (Å²) < 4.78 is 11.4. The van der Waals surface area contributed by atoms with Crippen LogP contribution in [0.4, 0.5) is 0 Å². The zero-order chi connectivity index (χ0) is 17.8. The van der Waals surface area contributed by atoms with E-state index in [0.29, 0.717) is 17.1 Å². The quantitative estimate of drug-likeness (QED) is 0.802. The van der Waals surface area contributed by atoms with Crippen LogP contribution in [0.25, 0.3) is 0 Å². The van der Waals surface area contributed by atoms with Crippen molar-refractivity contribution in [3.8, 4) is 11.5 Å². The van der Waals surface area contributed by atoms with Gasteiger partial charge in [-0.15, -0.1) is 0 Å². The highest BCUT2D eigenvalue weighted by atomic mass is 79.9. The topological polar surface area (TPSA) is 76.7 Å². The highest BCUT2D eigenvalue weighted by Gasteiger charge is 2.17. The Labute approximate surface area is 153 Å². The van der Waals surface area contributed by atoms with E-state index in [2.05, 4.69) is 26.6 Å². The van der Waals surface area contributed by atoms with Crippen LogP contribution in [-0.4, -0.2) is 25.2 Å². The molecule has 25 heavy (non-hydrogen) atoms. The van der Waals surface area contributed by atoms with E-state index in [1.807, 2.05) is 31.2 Å². The molecule has 1 unspecified atom stereocenters. The summed E-state index contributed by atoms with van der Waals surface area (Å²) in [6, 6.07) is 12.4. The largest absolute Gasteiger partial charge is 0.454 e. The van der Waals surface area contributed by atoms with E-state index in [9.17, 15) is 9.59 Å². The Hall–Kier alpha value is -2.54. The lowest BCUT2D eigenvalue weighted by Crippen LogP contribution is -2.38. The molecule has 2 aromatic carbocycles. The minimum absolute atomic E-state index is 0.103. The second kappa shape index (κ2) is 7.57. The van der Waals surface area contributed by atoms with E-state index in [0.717, 1.165) is 10.0 Å². The molecular formula is C18H17BrN2O4. The van der Waals surface area contributed by atoms with Crippen molar-refractivity contribution < 1.29 is 19.1 Å². The van der Waals surface area contributed by atoms with Crippen LogP contribution in [0.5, 0.6) is 11.5 Å². The van der Waals surface area contributed by atoms with Gasteiger partial charge in [-0.05, 0) is 42.8 Å². The lowest BCUT2D eigenvalue weighted by atomic mass is 10.1. The molecule has 1 heterocycles. The van der Waals surface area contributed by atoms with Gasteiger partial charge in [0.15, 0.2) is 11.5 Å². The number of rotatable bonds is 5. The summed E-state index contributed by atoms with van der Waals surface area (Å²) in [5, 5.41) is 5.45. The SMILES string of the molecule is CC(NC(=O)CNC(=O)c1ccc2c(c1)OCO2)c1ccc(Br)cc1. The molecule has 0 spiro atoms. The molecule has 1 atom stereocenters. The molecule has 0 aromatic heterocycles. The van der Waals surface area contributed by atoms with Gasteiger partial charge in [0.2, 0.25) is 12.7 Å². The Morgan fingerprint density at radius 1 is 1.12 bits per heavy atom. The van der Waals surface area contributed by atoms with Gasteiger partial charge >= 0.3 is 0 Å². The maximum absolute atomic E-state index is 12.1. The summed E-state index contributed by atoms with van der Waals surface area (Å²) in [4.78, 5) is 24.2. The Morgan fingerprint density at radius 2 is 1.84 bits per heavy atom. The van der Waals surface area contributed by atoms with Crippen LogP contribution >= 0.6 is 15.9 Å². The molecule has 2 N–H and O–H groups in total. The number of fused-ring (bicyclic) bond motifs is 1. The summed E-state index contributed by atoms with van der Waals surface area (Å²) >= 11 is 3.38. The van der Waals surface area contributed by atoms with Gasteiger partial charge in [0.05, 0.1) is 12.6 Å². The predicted molar refractivity (Wildman–Crippen MR) is 95.6 cm³/mol. The van der Waals surface area contributed by atoms with Crippen molar-refractivity contribution in [3.05, 3.63) is 58.1 Å². The summed E-state index contributed by atoms with van der Waals surface area (Å²) in [6.07, 6.45) is 0. The molecule has 6 nitrogen and oxygen atoms in total. The average Bonchev–Trinajstić information content (AvgIpc) is 3.07. The Bertz CT molecular complexity index is 792. The third-order valence-electron chi connectivity index (χ3n) is 3.79. The number of carbonyl (C=O) groups excluding carboxylic acids is 2. The number of carbonyl (C=O) groups is 2. The first kappa shape index (κ1) is 17.3. The van der Waals surface area contributed by atoms with Crippen LogP contribution in [-0.2, 0) is 4.79 Å². The van der Waals surface area contributed by atoms with Crippen molar-refractivity contribution in [2.75, 3.05) is 13.3 Å². The smallest absolute Gasteiger partial charge is 0.251 e. The molecule has 1 aliphatic rings. The van der Waals surface area contributed by atoms with Crippen molar-refractivity contribution in [1.82, 2.24) is 10.6 Å². The van der Waals surface area contributed by atoms with Crippen molar-refractivity contribution in [2.45, 2.75) is 13.0 Å². The van der Waals surface area contributed by atoms with Gasteiger partial charge in [-0.3, -0.25) is 9.59 Å². The molecule has 0 radical (unpaired) electrons. The lowest BCUT2D eigenvalue weighted by Gasteiger charge is -2.15. The van der Waals surface area contributed by atoms with Gasteiger partial charge in [0.1, 0.15) is 0 Å². The second-order valence-electron chi connectivity index (χ2n) is 5.59. The fourth-order valence-electron chi connectivity index (χ4n) is 2.43. The van der Waals surface area contributed by atoms with Crippen molar-refractivity contribution in [2.24, 2.45) is 0 Å². The Morgan fingerprint density at radius 3 is 2.60 bits per heavy atom. The molecule has 0 aliphatic carbocycles. The number of benzene rings is 2. The lowest BCUT2D eigenvalue weighted by molar-refractivity contribution is -0.120. The first-order valence-corrected chi connectivity index (χ1v) is 8.55. The average molecular weight is 405 g/mol. The van der Waals surface area contributed by atoms with Crippen LogP contribution in [0.3, 0.4) is 0 Å². The molecule has 0 saturated heterocycles. The van der Waals surface area contributed by atoms with E-state index >= 15 is 0 Å². The van der Waals surface area contributed by atoms with E-state index in [1.54, 1.807) is 18.2 Å². The van der Waals surface area contributed by atoms with Gasteiger partial charge in [-0.2, -0.15) is 0 Å². The zero-order valence-electron chi connectivity index (χ0n) is 13.5. The van der Waals surface area contributed by atoms with Crippen LogP contribution < -0.4 is 20.1 Å². The number of hydrogen-bond donors (Lipinski definition) is 2. The molecule has 130 valence electrons. The predicted octanol–water partition coefficient (Wildman–Crippen LogP) is 2.79. The maximum Gasteiger partial charge on any atom is 0.251 e. The Kier molecular flexibility index (Phi) is 5.23. The fraction of sp³-hybridized carbons (Fsp3) is 0.222. The highest BCUT2D eigenvalue weighted by molar-refractivity contribution is 9.10. The molecule has 7 heteroatoms.